The van der Waals surface area contributed by atoms with Crippen LogP contribution in [0.1, 0.15) is 11.1 Å². The van der Waals surface area contributed by atoms with Crippen molar-refractivity contribution in [3.63, 3.8) is 0 Å². The van der Waals surface area contributed by atoms with Crippen LogP contribution in [0.25, 0.3) is 21.9 Å². The van der Waals surface area contributed by atoms with E-state index in [2.05, 4.69) is 12.1 Å². The molecule has 0 aliphatic rings. The summed E-state index contributed by atoms with van der Waals surface area (Å²) in [6, 6.07) is 19.1. The number of fused-ring (bicyclic) bond motifs is 3. The van der Waals surface area contributed by atoms with Gasteiger partial charge in [-0.3, -0.25) is 0 Å². The summed E-state index contributed by atoms with van der Waals surface area (Å²) in [4.78, 5) is 0. The molecule has 3 aromatic carbocycles. The van der Waals surface area contributed by atoms with Gasteiger partial charge in [-0.25, -0.2) is 0 Å². The van der Waals surface area contributed by atoms with Crippen LogP contribution in [-0.4, -0.2) is 21.3 Å². The van der Waals surface area contributed by atoms with Gasteiger partial charge in [-0.05, 0) is 29.8 Å². The molecule has 0 saturated heterocycles. The number of benzene rings is 3. The van der Waals surface area contributed by atoms with E-state index in [0.29, 0.717) is 12.2 Å². The molecule has 0 unspecified atom stereocenters. The molecule has 0 amide bonds. The molecular weight excluding hydrogens is 328 g/mol. The third kappa shape index (κ3) is 2.73. The van der Waals surface area contributed by atoms with Gasteiger partial charge in [0.1, 0.15) is 28.4 Å². The molecule has 1 aromatic heterocycles. The molecule has 1 heterocycles. The van der Waals surface area contributed by atoms with Gasteiger partial charge in [0.25, 0.3) is 0 Å². The molecule has 131 valence electrons. The lowest BCUT2D eigenvalue weighted by Gasteiger charge is -2.12. The Labute approximate surface area is 151 Å². The van der Waals surface area contributed by atoms with E-state index in [9.17, 15) is 0 Å². The second kappa shape index (κ2) is 6.64. The average Bonchev–Trinajstić information content (AvgIpc) is 3.06. The molecule has 0 atom stereocenters. The first-order valence-electron chi connectivity index (χ1n) is 8.35. The van der Waals surface area contributed by atoms with Crippen molar-refractivity contribution in [2.45, 2.75) is 6.42 Å². The van der Waals surface area contributed by atoms with Crippen molar-refractivity contribution in [1.29, 1.82) is 0 Å². The van der Waals surface area contributed by atoms with Crippen LogP contribution in [0.15, 0.2) is 52.9 Å². The quantitative estimate of drug-likeness (QED) is 0.509. The van der Waals surface area contributed by atoms with Crippen LogP contribution in [0.3, 0.4) is 0 Å². The van der Waals surface area contributed by atoms with Gasteiger partial charge in [0.15, 0.2) is 0 Å². The first kappa shape index (κ1) is 16.3. The maximum Gasteiger partial charge on any atom is 0.139 e. The van der Waals surface area contributed by atoms with Gasteiger partial charge in [-0.2, -0.15) is 0 Å². The first-order valence-corrected chi connectivity index (χ1v) is 8.35. The van der Waals surface area contributed by atoms with Crippen LogP contribution in [0.5, 0.6) is 17.2 Å². The van der Waals surface area contributed by atoms with E-state index in [4.69, 9.17) is 18.6 Å². The van der Waals surface area contributed by atoms with Crippen LogP contribution in [0.4, 0.5) is 0 Å². The normalized spacial score (nSPS) is 11.0. The maximum atomic E-state index is 6.02. The minimum atomic E-state index is 0.623. The topological polar surface area (TPSA) is 40.8 Å². The summed E-state index contributed by atoms with van der Waals surface area (Å²) in [5, 5.41) is 2.12. The number of furan rings is 1. The average molecular weight is 347 g/mol. The highest BCUT2D eigenvalue weighted by Gasteiger charge is 2.16. The summed E-state index contributed by atoms with van der Waals surface area (Å²) >= 11 is 0. The smallest absolute Gasteiger partial charge is 0.139 e. The van der Waals surface area contributed by atoms with Gasteiger partial charge in [-0.1, -0.05) is 18.2 Å². The minimum absolute atomic E-state index is 0.623. The molecule has 26 heavy (non-hydrogen) atoms. The third-order valence-corrected chi connectivity index (χ3v) is 4.54. The monoisotopic (exact) mass is 347 g/mol. The van der Waals surface area contributed by atoms with Crippen molar-refractivity contribution in [1.82, 2.24) is 0 Å². The molecule has 0 aliphatic carbocycles. The van der Waals surface area contributed by atoms with Gasteiger partial charge < -0.3 is 18.6 Å². The molecule has 1 radical (unpaired) electrons. The Morgan fingerprint density at radius 1 is 0.885 bits per heavy atom. The zero-order chi connectivity index (χ0) is 18.1. The number of para-hydroxylation sites is 1. The highest BCUT2D eigenvalue weighted by molar-refractivity contribution is 6.07. The molecule has 0 bridgehead atoms. The Balaban J connectivity index is 1.93. The fourth-order valence-electron chi connectivity index (χ4n) is 3.30. The molecule has 4 rings (SSSR count). The van der Waals surface area contributed by atoms with Gasteiger partial charge >= 0.3 is 0 Å². The van der Waals surface area contributed by atoms with E-state index in [0.717, 1.165) is 44.6 Å². The lowest BCUT2D eigenvalue weighted by Crippen LogP contribution is -1.97. The van der Waals surface area contributed by atoms with Crippen LogP contribution in [-0.2, 0) is 6.42 Å². The Hall–Kier alpha value is -3.14. The van der Waals surface area contributed by atoms with E-state index in [1.807, 2.05) is 42.5 Å². The largest absolute Gasteiger partial charge is 0.497 e. The van der Waals surface area contributed by atoms with Crippen molar-refractivity contribution in [2.75, 3.05) is 21.3 Å². The maximum absolute atomic E-state index is 6.02. The Bertz CT molecular complexity index is 1080. The zero-order valence-corrected chi connectivity index (χ0v) is 15.0. The summed E-state index contributed by atoms with van der Waals surface area (Å²) in [5.74, 6) is 2.24. The van der Waals surface area contributed by atoms with Crippen LogP contribution in [0, 0.1) is 6.07 Å². The van der Waals surface area contributed by atoms with Crippen molar-refractivity contribution in [2.24, 2.45) is 0 Å². The molecule has 0 fully saturated rings. The molecule has 4 nitrogen and oxygen atoms in total. The summed E-state index contributed by atoms with van der Waals surface area (Å²) in [6.07, 6.45) is 0.623. The number of ether oxygens (including phenoxy) is 3. The van der Waals surface area contributed by atoms with Crippen LogP contribution >= 0.6 is 0 Å². The number of methoxy groups -OCH3 is 3. The lowest BCUT2D eigenvalue weighted by molar-refractivity contribution is 0.399. The van der Waals surface area contributed by atoms with Crippen LogP contribution in [0.2, 0.25) is 0 Å². The van der Waals surface area contributed by atoms with Crippen LogP contribution < -0.4 is 14.2 Å². The fraction of sp³-hybridized carbons (Fsp3) is 0.182. The van der Waals surface area contributed by atoms with E-state index >= 15 is 0 Å². The number of hydrogen-bond acceptors (Lipinski definition) is 4. The summed E-state index contributed by atoms with van der Waals surface area (Å²) < 4.78 is 22.3. The van der Waals surface area contributed by atoms with Gasteiger partial charge in [0.05, 0.1) is 21.3 Å². The predicted molar refractivity (Wildman–Crippen MR) is 101 cm³/mol. The minimum Gasteiger partial charge on any atom is -0.497 e. The third-order valence-electron chi connectivity index (χ3n) is 4.54. The standard InChI is InChI=1S/C22H19O4/c1-23-16-8-9-19(25-3)14(11-16)10-15-12-17(24-2)13-21-22(15)18-6-4-5-7-20(18)26-21/h4-9,11,13H,10H2,1-3H3. The van der Waals surface area contributed by atoms with Crippen molar-refractivity contribution in [3.8, 4) is 17.2 Å². The van der Waals surface area contributed by atoms with Crippen molar-refractivity contribution < 1.29 is 18.6 Å². The summed E-state index contributed by atoms with van der Waals surface area (Å²) in [5.41, 5.74) is 3.65. The number of hydrogen-bond donors (Lipinski definition) is 0. The molecule has 0 N–H and O–H groups in total. The lowest BCUT2D eigenvalue weighted by atomic mass is 9.98. The van der Waals surface area contributed by atoms with E-state index in [-0.39, 0.29) is 0 Å². The molecular formula is C22H19O4. The Morgan fingerprint density at radius 3 is 2.50 bits per heavy atom. The summed E-state index contributed by atoms with van der Waals surface area (Å²) in [7, 11) is 4.96. The second-order valence-electron chi connectivity index (χ2n) is 6.01. The first-order chi connectivity index (χ1) is 12.7. The molecule has 4 heteroatoms. The van der Waals surface area contributed by atoms with Gasteiger partial charge in [0, 0.05) is 34.9 Å². The fourth-order valence-corrected chi connectivity index (χ4v) is 3.30. The van der Waals surface area contributed by atoms with E-state index < -0.39 is 0 Å². The zero-order valence-electron chi connectivity index (χ0n) is 15.0. The van der Waals surface area contributed by atoms with Crippen molar-refractivity contribution >= 4 is 21.9 Å². The molecule has 4 aromatic rings. The highest BCUT2D eigenvalue weighted by atomic mass is 16.5. The second-order valence-corrected chi connectivity index (χ2v) is 6.01. The number of rotatable bonds is 5. The SMILES string of the molecule is COc1[c]c(Cc2cc(OC)ccc2OC)c2c(c1)oc1ccccc12. The van der Waals surface area contributed by atoms with Gasteiger partial charge in [-0.15, -0.1) is 0 Å². The van der Waals surface area contributed by atoms with Gasteiger partial charge in [0.2, 0.25) is 0 Å². The highest BCUT2D eigenvalue weighted by Crippen LogP contribution is 2.36. The Kier molecular flexibility index (Phi) is 4.17. The molecule has 0 aliphatic heterocycles. The van der Waals surface area contributed by atoms with Crippen molar-refractivity contribution in [3.05, 3.63) is 65.7 Å². The molecule has 0 saturated carbocycles. The van der Waals surface area contributed by atoms with E-state index in [1.165, 1.54) is 0 Å². The Morgan fingerprint density at radius 2 is 1.73 bits per heavy atom. The predicted octanol–water partition coefficient (Wildman–Crippen LogP) is 5.00. The molecule has 0 spiro atoms. The van der Waals surface area contributed by atoms with E-state index in [1.54, 1.807) is 21.3 Å². The summed E-state index contributed by atoms with van der Waals surface area (Å²) in [6.45, 7) is 0.